The van der Waals surface area contributed by atoms with Crippen molar-refractivity contribution >= 4 is 5.91 Å². The quantitative estimate of drug-likeness (QED) is 0.756. The highest BCUT2D eigenvalue weighted by atomic mass is 16.2. The lowest BCUT2D eigenvalue weighted by molar-refractivity contribution is -0.136. The lowest BCUT2D eigenvalue weighted by atomic mass is 9.83. The number of hydrogen-bond donors (Lipinski definition) is 1. The van der Waals surface area contributed by atoms with Gasteiger partial charge in [0, 0.05) is 13.1 Å². The maximum atomic E-state index is 12.0. The summed E-state index contributed by atoms with van der Waals surface area (Å²) in [5, 5.41) is 0. The van der Waals surface area contributed by atoms with E-state index in [1.807, 2.05) is 18.7 Å². The van der Waals surface area contributed by atoms with Crippen molar-refractivity contribution in [3.8, 4) is 0 Å². The molecular formula is C12H24N2O. The topological polar surface area (TPSA) is 46.3 Å². The summed E-state index contributed by atoms with van der Waals surface area (Å²) in [5.74, 6) is 0.348. The molecule has 0 aromatic carbocycles. The van der Waals surface area contributed by atoms with E-state index in [1.54, 1.807) is 0 Å². The monoisotopic (exact) mass is 212 g/mol. The first-order valence-electron chi connectivity index (χ1n) is 5.88. The number of likely N-dealkylation sites (tertiary alicyclic amines) is 1. The summed E-state index contributed by atoms with van der Waals surface area (Å²) in [7, 11) is 0. The fourth-order valence-electron chi connectivity index (χ4n) is 2.11. The summed E-state index contributed by atoms with van der Waals surface area (Å²) in [6, 6.07) is -0.334. The molecule has 1 atom stereocenters. The van der Waals surface area contributed by atoms with E-state index >= 15 is 0 Å². The van der Waals surface area contributed by atoms with Gasteiger partial charge in [0.25, 0.3) is 0 Å². The normalized spacial score (nSPS) is 22.9. The van der Waals surface area contributed by atoms with E-state index in [4.69, 9.17) is 5.73 Å². The fraction of sp³-hybridized carbons (Fsp3) is 0.917. The average molecular weight is 212 g/mol. The number of nitrogens with two attached hydrogens (primary N) is 1. The molecular weight excluding hydrogens is 188 g/mol. The van der Waals surface area contributed by atoms with E-state index in [0.717, 1.165) is 19.5 Å². The molecule has 0 aromatic rings. The van der Waals surface area contributed by atoms with Crippen LogP contribution in [0.15, 0.2) is 0 Å². The number of carbonyl (C=O) groups excluding carboxylic acids is 1. The van der Waals surface area contributed by atoms with E-state index in [2.05, 4.69) is 13.8 Å². The maximum Gasteiger partial charge on any atom is 0.239 e. The van der Waals surface area contributed by atoms with E-state index in [-0.39, 0.29) is 23.3 Å². The molecule has 3 heteroatoms. The Hall–Kier alpha value is -0.570. The van der Waals surface area contributed by atoms with E-state index < -0.39 is 0 Å². The molecule has 0 radical (unpaired) electrons. The Labute approximate surface area is 93.0 Å². The Balaban J connectivity index is 2.60. The van der Waals surface area contributed by atoms with Crippen molar-refractivity contribution in [2.45, 2.75) is 46.6 Å². The summed E-state index contributed by atoms with van der Waals surface area (Å²) in [4.78, 5) is 14.0. The van der Waals surface area contributed by atoms with Gasteiger partial charge in [-0.2, -0.15) is 0 Å². The lowest BCUT2D eigenvalue weighted by Gasteiger charge is -2.39. The van der Waals surface area contributed by atoms with Crippen molar-refractivity contribution < 1.29 is 4.79 Å². The second kappa shape index (κ2) is 4.52. The van der Waals surface area contributed by atoms with Crippen LogP contribution in [0.4, 0.5) is 0 Å². The van der Waals surface area contributed by atoms with Gasteiger partial charge in [-0.25, -0.2) is 0 Å². The van der Waals surface area contributed by atoms with Gasteiger partial charge in [-0.15, -0.1) is 0 Å². The first kappa shape index (κ1) is 12.5. The summed E-state index contributed by atoms with van der Waals surface area (Å²) in [6.45, 7) is 10.2. The van der Waals surface area contributed by atoms with Crippen molar-refractivity contribution in [3.05, 3.63) is 0 Å². The SMILES string of the molecule is CC(C)[C@@H](N)C(=O)N1CCCC(C)(C)C1. The van der Waals surface area contributed by atoms with Gasteiger partial charge in [0.2, 0.25) is 5.91 Å². The molecule has 3 nitrogen and oxygen atoms in total. The third kappa shape index (κ3) is 3.20. The van der Waals surface area contributed by atoms with Gasteiger partial charge in [-0.3, -0.25) is 4.79 Å². The number of hydrogen-bond acceptors (Lipinski definition) is 2. The third-order valence-corrected chi connectivity index (χ3v) is 3.22. The van der Waals surface area contributed by atoms with Gasteiger partial charge in [0.15, 0.2) is 0 Å². The summed E-state index contributed by atoms with van der Waals surface area (Å²) in [6.07, 6.45) is 2.30. The molecule has 1 amide bonds. The van der Waals surface area contributed by atoms with Gasteiger partial charge in [0.1, 0.15) is 0 Å². The van der Waals surface area contributed by atoms with Crippen molar-refractivity contribution in [1.82, 2.24) is 4.90 Å². The highest BCUT2D eigenvalue weighted by Gasteiger charge is 2.31. The first-order valence-corrected chi connectivity index (χ1v) is 5.88. The Morgan fingerprint density at radius 2 is 2.00 bits per heavy atom. The van der Waals surface area contributed by atoms with Gasteiger partial charge in [-0.1, -0.05) is 27.7 Å². The van der Waals surface area contributed by atoms with Crippen molar-refractivity contribution in [2.24, 2.45) is 17.1 Å². The molecule has 1 aliphatic heterocycles. The summed E-state index contributed by atoms with van der Waals surface area (Å²) >= 11 is 0. The van der Waals surface area contributed by atoms with Crippen LogP contribution >= 0.6 is 0 Å². The zero-order chi connectivity index (χ0) is 11.6. The third-order valence-electron chi connectivity index (χ3n) is 3.22. The second-order valence-corrected chi connectivity index (χ2v) is 5.80. The van der Waals surface area contributed by atoms with Gasteiger partial charge in [0.05, 0.1) is 6.04 Å². The molecule has 1 rings (SSSR count). The predicted octanol–water partition coefficient (Wildman–Crippen LogP) is 1.62. The smallest absolute Gasteiger partial charge is 0.239 e. The van der Waals surface area contributed by atoms with E-state index in [0.29, 0.717) is 0 Å². The summed E-state index contributed by atoms with van der Waals surface area (Å²) in [5.41, 5.74) is 6.14. The van der Waals surface area contributed by atoms with Gasteiger partial charge < -0.3 is 10.6 Å². The average Bonchev–Trinajstić information content (AvgIpc) is 2.13. The molecule has 15 heavy (non-hydrogen) atoms. The molecule has 1 fully saturated rings. The first-order chi connectivity index (χ1) is 6.83. The van der Waals surface area contributed by atoms with Crippen LogP contribution in [0.1, 0.15) is 40.5 Å². The minimum atomic E-state index is -0.334. The van der Waals surface area contributed by atoms with Crippen LogP contribution in [0.25, 0.3) is 0 Å². The predicted molar refractivity (Wildman–Crippen MR) is 62.4 cm³/mol. The lowest BCUT2D eigenvalue weighted by Crippen LogP contribution is -2.51. The number of rotatable bonds is 2. The molecule has 0 saturated carbocycles. The Morgan fingerprint density at radius 1 is 1.40 bits per heavy atom. The molecule has 0 aromatic heterocycles. The van der Waals surface area contributed by atoms with Crippen molar-refractivity contribution in [1.29, 1.82) is 0 Å². The highest BCUT2D eigenvalue weighted by molar-refractivity contribution is 5.82. The van der Waals surface area contributed by atoms with Crippen LogP contribution in [0, 0.1) is 11.3 Å². The summed E-state index contributed by atoms with van der Waals surface area (Å²) < 4.78 is 0. The van der Waals surface area contributed by atoms with Crippen LogP contribution in [0.3, 0.4) is 0 Å². The highest BCUT2D eigenvalue weighted by Crippen LogP contribution is 2.28. The van der Waals surface area contributed by atoms with E-state index in [1.165, 1.54) is 6.42 Å². The molecule has 0 bridgehead atoms. The molecule has 1 saturated heterocycles. The molecule has 0 aliphatic carbocycles. The molecule has 0 spiro atoms. The number of amides is 1. The Kier molecular flexibility index (Phi) is 3.77. The molecule has 1 aliphatic rings. The number of carbonyl (C=O) groups is 1. The zero-order valence-corrected chi connectivity index (χ0v) is 10.4. The second-order valence-electron chi connectivity index (χ2n) is 5.80. The number of nitrogens with zero attached hydrogens (tertiary/aromatic N) is 1. The fourth-order valence-corrected chi connectivity index (χ4v) is 2.11. The number of piperidine rings is 1. The zero-order valence-electron chi connectivity index (χ0n) is 10.4. The van der Waals surface area contributed by atoms with E-state index in [9.17, 15) is 4.79 Å². The maximum absolute atomic E-state index is 12.0. The minimum absolute atomic E-state index is 0.123. The van der Waals surface area contributed by atoms with Gasteiger partial charge >= 0.3 is 0 Å². The molecule has 0 unspecified atom stereocenters. The Morgan fingerprint density at radius 3 is 2.47 bits per heavy atom. The van der Waals surface area contributed by atoms with Crippen LogP contribution in [-0.2, 0) is 4.79 Å². The van der Waals surface area contributed by atoms with Crippen molar-refractivity contribution in [3.63, 3.8) is 0 Å². The van der Waals surface area contributed by atoms with Crippen LogP contribution in [-0.4, -0.2) is 29.9 Å². The van der Waals surface area contributed by atoms with Crippen molar-refractivity contribution in [2.75, 3.05) is 13.1 Å². The van der Waals surface area contributed by atoms with Crippen LogP contribution in [0.2, 0.25) is 0 Å². The molecule has 2 N–H and O–H groups in total. The van der Waals surface area contributed by atoms with Gasteiger partial charge in [-0.05, 0) is 24.2 Å². The standard InChI is InChI=1S/C12H24N2O/c1-9(2)10(13)11(15)14-7-5-6-12(3,4)8-14/h9-10H,5-8,13H2,1-4H3/t10-/m1/s1. The van der Waals surface area contributed by atoms with Crippen LogP contribution < -0.4 is 5.73 Å². The largest absolute Gasteiger partial charge is 0.341 e. The molecule has 1 heterocycles. The minimum Gasteiger partial charge on any atom is -0.341 e. The Bertz CT molecular complexity index is 236. The van der Waals surface area contributed by atoms with Crippen LogP contribution in [0.5, 0.6) is 0 Å². The molecule has 88 valence electrons.